The fourth-order valence-corrected chi connectivity index (χ4v) is 4.68. The van der Waals surface area contributed by atoms with Gasteiger partial charge >= 0.3 is 0 Å². The van der Waals surface area contributed by atoms with Crippen molar-refractivity contribution in [2.24, 2.45) is 0 Å². The van der Waals surface area contributed by atoms with Gasteiger partial charge in [0.1, 0.15) is 23.2 Å². The Balaban J connectivity index is 2.17. The van der Waals surface area contributed by atoms with Crippen molar-refractivity contribution >= 4 is 38.6 Å². The van der Waals surface area contributed by atoms with Crippen LogP contribution in [-0.4, -0.2) is 44.9 Å². The molecule has 3 aromatic rings. The molecule has 0 spiro atoms. The van der Waals surface area contributed by atoms with Crippen LogP contribution in [0.1, 0.15) is 49.0 Å². The van der Waals surface area contributed by atoms with Crippen molar-refractivity contribution in [1.29, 1.82) is 0 Å². The van der Waals surface area contributed by atoms with Crippen molar-refractivity contribution in [2.45, 2.75) is 39.5 Å². The first-order valence-corrected chi connectivity index (χ1v) is 12.8. The Labute approximate surface area is 198 Å². The predicted molar refractivity (Wildman–Crippen MR) is 129 cm³/mol. The number of anilines is 1. The number of pyridine rings is 1. The Morgan fingerprint density at radius 1 is 1.18 bits per heavy atom. The van der Waals surface area contributed by atoms with Gasteiger partial charge < -0.3 is 14.5 Å². The number of halogens is 1. The van der Waals surface area contributed by atoms with Crippen LogP contribution in [0.3, 0.4) is 0 Å². The van der Waals surface area contributed by atoms with Crippen LogP contribution in [0.2, 0.25) is 0 Å². The molecule has 0 aliphatic carbocycles. The van der Waals surface area contributed by atoms with E-state index in [0.717, 1.165) is 6.26 Å². The number of sulfonamides is 1. The molecule has 0 radical (unpaired) electrons. The number of unbranched alkanes of at least 4 members (excludes halogenated alkanes) is 1. The first kappa shape index (κ1) is 25.4. The third-order valence-corrected chi connectivity index (χ3v) is 6.61. The Morgan fingerprint density at radius 3 is 2.41 bits per heavy atom. The van der Waals surface area contributed by atoms with Crippen molar-refractivity contribution in [3.8, 4) is 11.3 Å². The average Bonchev–Trinajstić information content (AvgIpc) is 3.15. The third-order valence-electron chi connectivity index (χ3n) is 5.46. The highest BCUT2D eigenvalue weighted by atomic mass is 32.2. The molecule has 0 saturated heterocycles. The van der Waals surface area contributed by atoms with E-state index < -0.39 is 21.7 Å². The van der Waals surface area contributed by atoms with Crippen LogP contribution < -0.4 is 9.62 Å². The van der Waals surface area contributed by atoms with Crippen molar-refractivity contribution in [2.75, 3.05) is 24.2 Å². The third kappa shape index (κ3) is 5.44. The molecule has 0 atom stereocenters. The highest BCUT2D eigenvalue weighted by Crippen LogP contribution is 2.36. The summed E-state index contributed by atoms with van der Waals surface area (Å²) in [4.78, 5) is 28.5. The summed E-state index contributed by atoms with van der Waals surface area (Å²) in [6.07, 6.45) is 2.98. The van der Waals surface area contributed by atoms with Crippen LogP contribution in [-0.2, 0) is 21.2 Å². The van der Waals surface area contributed by atoms with E-state index >= 15 is 0 Å². The summed E-state index contributed by atoms with van der Waals surface area (Å²) in [6.45, 7) is 3.52. The number of amides is 1. The number of hydrogen-bond donors (Lipinski definition) is 1. The molecule has 10 heteroatoms. The molecule has 0 aliphatic heterocycles. The second kappa shape index (κ2) is 10.3. The van der Waals surface area contributed by atoms with Crippen molar-refractivity contribution in [3.63, 3.8) is 0 Å². The van der Waals surface area contributed by atoms with E-state index in [-0.39, 0.29) is 35.2 Å². The number of furan rings is 1. The molecule has 0 unspecified atom stereocenters. The molecule has 1 amide bonds. The monoisotopic (exact) mass is 489 g/mol. The van der Waals surface area contributed by atoms with Crippen LogP contribution in [0.25, 0.3) is 22.4 Å². The molecule has 182 valence electrons. The normalized spacial score (nSPS) is 11.6. The quantitative estimate of drug-likeness (QED) is 0.430. The number of nitrogens with zero attached hydrogens (tertiary/aromatic N) is 2. The molecule has 2 heterocycles. The summed E-state index contributed by atoms with van der Waals surface area (Å²) in [7, 11) is -2.19. The van der Waals surface area contributed by atoms with Crippen LogP contribution in [0.15, 0.2) is 34.7 Å². The minimum atomic E-state index is -3.68. The topological polar surface area (TPSA) is 110 Å². The molecule has 1 N–H and O–H groups in total. The van der Waals surface area contributed by atoms with Gasteiger partial charge in [0.25, 0.3) is 5.91 Å². The molecular formula is C24H28FN3O5S. The summed E-state index contributed by atoms with van der Waals surface area (Å²) in [5.41, 5.74) is 1.45. The van der Waals surface area contributed by atoms with Crippen LogP contribution in [0.4, 0.5) is 10.2 Å². The van der Waals surface area contributed by atoms with Gasteiger partial charge in [0.15, 0.2) is 0 Å². The lowest BCUT2D eigenvalue weighted by atomic mass is 10.0. The number of fused-ring (bicyclic) bond motifs is 1. The fourth-order valence-electron chi connectivity index (χ4n) is 3.74. The number of aryl methyl sites for hydroxylation is 1. The van der Waals surface area contributed by atoms with E-state index in [1.165, 1.54) is 42.5 Å². The number of carbonyl (C=O) groups excluding carboxylic acids is 2. The van der Waals surface area contributed by atoms with Crippen molar-refractivity contribution < 1.29 is 26.8 Å². The van der Waals surface area contributed by atoms with Gasteiger partial charge in [-0.2, -0.15) is 4.98 Å². The second-order valence-corrected chi connectivity index (χ2v) is 9.97. The van der Waals surface area contributed by atoms with E-state index in [4.69, 9.17) is 4.42 Å². The lowest BCUT2D eigenvalue weighted by molar-refractivity contribution is -0.117. The summed E-state index contributed by atoms with van der Waals surface area (Å²) >= 11 is 0. The number of Topliss-reactive ketones (excluding diaryl/α,β-unsaturated/α-hetero) is 1. The zero-order valence-electron chi connectivity index (χ0n) is 19.6. The van der Waals surface area contributed by atoms with Crippen LogP contribution in [0.5, 0.6) is 0 Å². The van der Waals surface area contributed by atoms with Gasteiger partial charge in [0, 0.05) is 25.6 Å². The van der Waals surface area contributed by atoms with Gasteiger partial charge in [0.2, 0.25) is 15.7 Å². The number of rotatable bonds is 10. The molecule has 1 aromatic carbocycles. The van der Waals surface area contributed by atoms with Gasteiger partial charge in [-0.1, -0.05) is 6.92 Å². The standard InChI is InChI=1S/C24H28FN3O5S/c1-5-16-14-19-20(23(30)26-3)21(17-9-11-18(25)12-10-17)33-24(19)27-22(16)28(34(4,31)32)13-7-6-8-15(2)29/h9-12,14H,5-8,13H2,1-4H3,(H,26,30). The van der Waals surface area contributed by atoms with Gasteiger partial charge in [0.05, 0.1) is 17.2 Å². The zero-order chi connectivity index (χ0) is 25.0. The fraction of sp³-hybridized carbons (Fsp3) is 0.375. The van der Waals surface area contributed by atoms with Gasteiger partial charge in [-0.05, 0) is 62.1 Å². The largest absolute Gasteiger partial charge is 0.437 e. The maximum absolute atomic E-state index is 13.5. The van der Waals surface area contributed by atoms with Gasteiger partial charge in [-0.3, -0.25) is 9.10 Å². The number of nitrogens with one attached hydrogen (secondary N) is 1. The predicted octanol–water partition coefficient (Wildman–Crippen LogP) is 4.08. The molecule has 2 aromatic heterocycles. The molecule has 0 saturated carbocycles. The minimum absolute atomic E-state index is 0.0466. The first-order valence-electron chi connectivity index (χ1n) is 11.0. The van der Waals surface area contributed by atoms with Crippen LogP contribution >= 0.6 is 0 Å². The van der Waals surface area contributed by atoms with Crippen LogP contribution in [0, 0.1) is 5.82 Å². The maximum Gasteiger partial charge on any atom is 0.255 e. The molecule has 0 aliphatic rings. The highest BCUT2D eigenvalue weighted by Gasteiger charge is 2.27. The minimum Gasteiger partial charge on any atom is -0.437 e. The van der Waals surface area contributed by atoms with E-state index in [2.05, 4.69) is 10.3 Å². The molecular weight excluding hydrogens is 461 g/mol. The first-order chi connectivity index (χ1) is 16.1. The Kier molecular flexibility index (Phi) is 7.71. The van der Waals surface area contributed by atoms with Crippen molar-refractivity contribution in [3.05, 3.63) is 47.3 Å². The summed E-state index contributed by atoms with van der Waals surface area (Å²) < 4.78 is 45.9. The van der Waals surface area contributed by atoms with E-state index in [1.54, 1.807) is 6.07 Å². The lowest BCUT2D eigenvalue weighted by Crippen LogP contribution is -2.32. The number of aromatic nitrogens is 1. The number of benzene rings is 1. The van der Waals surface area contributed by atoms with E-state index in [0.29, 0.717) is 42.2 Å². The molecule has 0 bridgehead atoms. The molecule has 8 nitrogen and oxygen atoms in total. The zero-order valence-corrected chi connectivity index (χ0v) is 20.5. The molecule has 3 rings (SSSR count). The average molecular weight is 490 g/mol. The molecule has 0 fully saturated rings. The molecule has 34 heavy (non-hydrogen) atoms. The lowest BCUT2D eigenvalue weighted by Gasteiger charge is -2.23. The summed E-state index contributed by atoms with van der Waals surface area (Å²) in [5, 5.41) is 3.02. The highest BCUT2D eigenvalue weighted by molar-refractivity contribution is 7.92. The van der Waals surface area contributed by atoms with Gasteiger partial charge in [-0.15, -0.1) is 0 Å². The Bertz CT molecular complexity index is 1320. The Morgan fingerprint density at radius 2 is 1.85 bits per heavy atom. The summed E-state index contributed by atoms with van der Waals surface area (Å²) in [6, 6.07) is 7.24. The maximum atomic E-state index is 13.5. The van der Waals surface area contributed by atoms with Crippen molar-refractivity contribution in [1.82, 2.24) is 10.3 Å². The number of carbonyl (C=O) groups is 2. The summed E-state index contributed by atoms with van der Waals surface area (Å²) in [5.74, 6) is -0.343. The SMILES string of the molecule is CCc1cc2c(C(=O)NC)c(-c3ccc(F)cc3)oc2nc1N(CCCCC(C)=O)S(C)(=O)=O. The van der Waals surface area contributed by atoms with E-state index in [9.17, 15) is 22.4 Å². The Hall–Kier alpha value is -3.27. The second-order valence-electron chi connectivity index (χ2n) is 8.06. The van der Waals surface area contributed by atoms with Gasteiger partial charge in [-0.25, -0.2) is 12.8 Å². The number of hydrogen-bond acceptors (Lipinski definition) is 6. The smallest absolute Gasteiger partial charge is 0.255 e. The number of ketones is 1. The van der Waals surface area contributed by atoms with E-state index in [1.807, 2.05) is 6.92 Å².